The third kappa shape index (κ3) is 0.149. The van der Waals surface area contributed by atoms with Crippen molar-refractivity contribution in [1.29, 1.82) is 0 Å². The van der Waals surface area contributed by atoms with Gasteiger partial charge in [0.05, 0.1) is 0 Å². The average Bonchev–Trinajstić information content (AvgIpc) is 2.12. The molecule has 0 bridgehead atoms. The standard InChI is InChI=1S/C6H8/c1-2-4-5-3-6(4)5/h2,4-6H,1,3H2. The van der Waals surface area contributed by atoms with Crippen LogP contribution in [0.4, 0.5) is 0 Å². The van der Waals surface area contributed by atoms with Crippen molar-refractivity contribution in [2.45, 2.75) is 6.42 Å². The molecule has 0 aromatic carbocycles. The van der Waals surface area contributed by atoms with Crippen molar-refractivity contribution in [3.63, 3.8) is 0 Å². The lowest BCUT2D eigenvalue weighted by atomic mass is 10.2. The van der Waals surface area contributed by atoms with E-state index < -0.39 is 0 Å². The number of hydrogen-bond donors (Lipinski definition) is 0. The molecular weight excluding hydrogens is 72.1 g/mol. The van der Waals surface area contributed by atoms with Gasteiger partial charge in [0.1, 0.15) is 0 Å². The van der Waals surface area contributed by atoms with Crippen LogP contribution in [0.5, 0.6) is 0 Å². The highest BCUT2D eigenvalue weighted by molar-refractivity contribution is 5.18. The van der Waals surface area contributed by atoms with E-state index in [1.54, 1.807) is 0 Å². The van der Waals surface area contributed by atoms with E-state index in [0.29, 0.717) is 0 Å². The van der Waals surface area contributed by atoms with Gasteiger partial charge >= 0.3 is 0 Å². The summed E-state index contributed by atoms with van der Waals surface area (Å²) in [4.78, 5) is 0. The van der Waals surface area contributed by atoms with E-state index in [2.05, 4.69) is 12.7 Å². The molecule has 2 aliphatic carbocycles. The Labute approximate surface area is 37.9 Å². The Morgan fingerprint density at radius 3 is 2.17 bits per heavy atom. The SMILES string of the molecule is C=CC1C2CC12. The van der Waals surface area contributed by atoms with E-state index in [1.807, 2.05) is 0 Å². The molecule has 2 unspecified atom stereocenters. The van der Waals surface area contributed by atoms with Crippen LogP contribution in [0.1, 0.15) is 6.42 Å². The predicted molar refractivity (Wildman–Crippen MR) is 25.3 cm³/mol. The smallest absolute Gasteiger partial charge is 0.0174 e. The fraction of sp³-hybridized carbons (Fsp3) is 0.667. The summed E-state index contributed by atoms with van der Waals surface area (Å²) < 4.78 is 0. The summed E-state index contributed by atoms with van der Waals surface area (Å²) in [5.74, 6) is 3.19. The van der Waals surface area contributed by atoms with Crippen molar-refractivity contribution >= 4 is 0 Å². The van der Waals surface area contributed by atoms with E-state index in [0.717, 1.165) is 17.8 Å². The molecule has 0 radical (unpaired) electrons. The second kappa shape index (κ2) is 0.575. The lowest BCUT2D eigenvalue weighted by Crippen LogP contribution is -1.76. The summed E-state index contributed by atoms with van der Waals surface area (Å²) in [5.41, 5.74) is 0. The minimum absolute atomic E-state index is 0.963. The number of fused-ring (bicyclic) bond motifs is 1. The van der Waals surface area contributed by atoms with Crippen molar-refractivity contribution < 1.29 is 0 Å². The van der Waals surface area contributed by atoms with Crippen molar-refractivity contribution in [2.24, 2.45) is 17.8 Å². The summed E-state index contributed by atoms with van der Waals surface area (Å²) in [6.45, 7) is 3.70. The van der Waals surface area contributed by atoms with Gasteiger partial charge < -0.3 is 0 Å². The lowest BCUT2D eigenvalue weighted by molar-refractivity contribution is 0.750. The van der Waals surface area contributed by atoms with E-state index in [-0.39, 0.29) is 0 Å². The third-order valence-corrected chi connectivity index (χ3v) is 2.01. The predicted octanol–water partition coefficient (Wildman–Crippen LogP) is 1.44. The van der Waals surface area contributed by atoms with Crippen molar-refractivity contribution in [1.82, 2.24) is 0 Å². The van der Waals surface area contributed by atoms with Crippen LogP contribution < -0.4 is 0 Å². The molecule has 2 saturated carbocycles. The summed E-state index contributed by atoms with van der Waals surface area (Å²) in [6.07, 6.45) is 3.61. The molecule has 0 heterocycles. The van der Waals surface area contributed by atoms with Crippen LogP contribution in [0.25, 0.3) is 0 Å². The fourth-order valence-corrected chi connectivity index (χ4v) is 1.18. The Hall–Kier alpha value is -0.260. The molecule has 2 rings (SSSR count). The van der Waals surface area contributed by atoms with E-state index in [1.165, 1.54) is 6.42 Å². The Bertz CT molecular complexity index is 86.2. The van der Waals surface area contributed by atoms with Crippen molar-refractivity contribution in [2.75, 3.05) is 0 Å². The monoisotopic (exact) mass is 80.1 g/mol. The first-order chi connectivity index (χ1) is 2.93. The van der Waals surface area contributed by atoms with Crippen LogP contribution in [0.3, 0.4) is 0 Å². The molecule has 0 spiro atoms. The van der Waals surface area contributed by atoms with Gasteiger partial charge in [0.25, 0.3) is 0 Å². The van der Waals surface area contributed by atoms with Gasteiger partial charge in [-0.15, -0.1) is 6.58 Å². The molecule has 0 N–H and O–H groups in total. The highest BCUT2D eigenvalue weighted by atomic mass is 14.7. The van der Waals surface area contributed by atoms with Gasteiger partial charge in [0.2, 0.25) is 0 Å². The lowest BCUT2D eigenvalue weighted by Gasteiger charge is -1.85. The zero-order valence-electron chi connectivity index (χ0n) is 3.72. The number of allylic oxidation sites excluding steroid dienone is 1. The molecule has 2 aliphatic rings. The summed E-state index contributed by atoms with van der Waals surface area (Å²) in [6, 6.07) is 0. The van der Waals surface area contributed by atoms with Crippen molar-refractivity contribution in [3.05, 3.63) is 12.7 Å². The highest BCUT2D eigenvalue weighted by Gasteiger charge is 2.62. The molecule has 0 aromatic heterocycles. The summed E-state index contributed by atoms with van der Waals surface area (Å²) in [5, 5.41) is 0. The van der Waals surface area contributed by atoms with Crippen LogP contribution in [0.15, 0.2) is 12.7 Å². The molecule has 6 heavy (non-hydrogen) atoms. The second-order valence-corrected chi connectivity index (χ2v) is 2.38. The Morgan fingerprint density at radius 1 is 1.50 bits per heavy atom. The van der Waals surface area contributed by atoms with Gasteiger partial charge in [-0.25, -0.2) is 0 Å². The van der Waals surface area contributed by atoms with Gasteiger partial charge in [-0.05, 0) is 24.2 Å². The van der Waals surface area contributed by atoms with E-state index in [4.69, 9.17) is 0 Å². The van der Waals surface area contributed by atoms with Gasteiger partial charge in [-0.1, -0.05) is 6.08 Å². The fourth-order valence-electron chi connectivity index (χ4n) is 1.18. The normalized spacial score (nSPS) is 59.7. The first-order valence-corrected chi connectivity index (χ1v) is 2.56. The van der Waals surface area contributed by atoms with Gasteiger partial charge in [0, 0.05) is 0 Å². The molecule has 0 nitrogen and oxygen atoms in total. The highest BCUT2D eigenvalue weighted by Crippen LogP contribution is 2.68. The quantitative estimate of drug-likeness (QED) is 0.418. The molecule has 32 valence electrons. The van der Waals surface area contributed by atoms with E-state index >= 15 is 0 Å². The Kier molecular flexibility index (Phi) is 0.272. The summed E-state index contributed by atoms with van der Waals surface area (Å²) >= 11 is 0. The molecular formula is C6H8. The maximum absolute atomic E-state index is 3.70. The van der Waals surface area contributed by atoms with E-state index in [9.17, 15) is 0 Å². The minimum atomic E-state index is 0.963. The first kappa shape index (κ1) is 2.84. The largest absolute Gasteiger partial charge is 0.103 e. The van der Waals surface area contributed by atoms with Crippen LogP contribution in [-0.4, -0.2) is 0 Å². The number of rotatable bonds is 1. The van der Waals surface area contributed by atoms with Crippen LogP contribution in [0, 0.1) is 17.8 Å². The van der Waals surface area contributed by atoms with Crippen molar-refractivity contribution in [3.8, 4) is 0 Å². The molecule has 2 fully saturated rings. The molecule has 0 amide bonds. The van der Waals surface area contributed by atoms with Crippen LogP contribution in [-0.2, 0) is 0 Å². The molecule has 0 aromatic rings. The molecule has 0 heteroatoms. The first-order valence-electron chi connectivity index (χ1n) is 2.56. The zero-order chi connectivity index (χ0) is 4.15. The third-order valence-electron chi connectivity index (χ3n) is 2.01. The summed E-state index contributed by atoms with van der Waals surface area (Å²) in [7, 11) is 0. The maximum Gasteiger partial charge on any atom is -0.0174 e. The number of hydrogen-bond acceptors (Lipinski definition) is 0. The Morgan fingerprint density at radius 2 is 2.17 bits per heavy atom. The second-order valence-electron chi connectivity index (χ2n) is 2.38. The zero-order valence-corrected chi connectivity index (χ0v) is 3.72. The maximum atomic E-state index is 3.70. The topological polar surface area (TPSA) is 0 Å². The van der Waals surface area contributed by atoms with Crippen LogP contribution >= 0.6 is 0 Å². The minimum Gasteiger partial charge on any atom is -0.103 e. The van der Waals surface area contributed by atoms with Crippen LogP contribution in [0.2, 0.25) is 0 Å². The molecule has 2 atom stereocenters. The Balaban J connectivity index is 2.07. The van der Waals surface area contributed by atoms with Gasteiger partial charge in [-0.2, -0.15) is 0 Å². The van der Waals surface area contributed by atoms with Gasteiger partial charge in [-0.3, -0.25) is 0 Å². The van der Waals surface area contributed by atoms with Gasteiger partial charge in [0.15, 0.2) is 0 Å². The molecule has 0 aliphatic heterocycles. The average molecular weight is 80.1 g/mol. The molecule has 0 saturated heterocycles.